The summed E-state index contributed by atoms with van der Waals surface area (Å²) < 4.78 is 10.7. The lowest BCUT2D eigenvalue weighted by atomic mass is 9.83. The quantitative estimate of drug-likeness (QED) is 0.847. The van der Waals surface area contributed by atoms with Gasteiger partial charge in [-0.25, -0.2) is 9.78 Å². The van der Waals surface area contributed by atoms with Gasteiger partial charge < -0.3 is 19.8 Å². The first-order valence-corrected chi connectivity index (χ1v) is 8.05. The Balaban J connectivity index is 2.22. The van der Waals surface area contributed by atoms with Crippen molar-refractivity contribution in [2.45, 2.75) is 39.2 Å². The second-order valence-electron chi connectivity index (χ2n) is 6.90. The molecule has 0 unspecified atom stereocenters. The summed E-state index contributed by atoms with van der Waals surface area (Å²) in [5, 5.41) is 3.23. The van der Waals surface area contributed by atoms with E-state index in [2.05, 4.69) is 29.1 Å². The van der Waals surface area contributed by atoms with Gasteiger partial charge in [-0.2, -0.15) is 0 Å². The lowest BCUT2D eigenvalue weighted by molar-refractivity contribution is -0.140. The van der Waals surface area contributed by atoms with Crippen LogP contribution in [0.2, 0.25) is 0 Å². The Hall–Kier alpha value is -2.50. The van der Waals surface area contributed by atoms with E-state index in [0.29, 0.717) is 18.0 Å². The van der Waals surface area contributed by atoms with E-state index in [4.69, 9.17) is 9.47 Å². The second kappa shape index (κ2) is 5.85. The van der Waals surface area contributed by atoms with Crippen molar-refractivity contribution in [3.8, 4) is 5.88 Å². The number of H-pyrrole nitrogens is 1. The summed E-state index contributed by atoms with van der Waals surface area (Å²) in [4.78, 5) is 20.5. The van der Waals surface area contributed by atoms with Crippen LogP contribution < -0.4 is 10.1 Å². The van der Waals surface area contributed by atoms with Gasteiger partial charge >= 0.3 is 5.97 Å². The molecule has 6 nitrogen and oxygen atoms in total. The number of carbonyl (C=O) groups is 1. The van der Waals surface area contributed by atoms with E-state index in [9.17, 15) is 4.79 Å². The van der Waals surface area contributed by atoms with Crippen LogP contribution in [0.1, 0.15) is 39.0 Å². The number of methoxy groups -OCH3 is 1. The van der Waals surface area contributed by atoms with E-state index in [1.807, 2.05) is 19.9 Å². The minimum atomic E-state index is -0.352. The Morgan fingerprint density at radius 2 is 2.08 bits per heavy atom. The third-order valence-corrected chi connectivity index (χ3v) is 4.12. The molecule has 1 aliphatic heterocycles. The van der Waals surface area contributed by atoms with E-state index in [1.165, 1.54) is 0 Å². The molecule has 3 heterocycles. The first-order chi connectivity index (χ1) is 11.3. The average Bonchev–Trinajstić information content (AvgIpc) is 2.83. The Morgan fingerprint density at radius 1 is 1.33 bits per heavy atom. The molecule has 0 saturated carbocycles. The number of pyridine rings is 1. The Labute approximate surface area is 141 Å². The molecule has 0 radical (unpaired) electrons. The lowest BCUT2D eigenvalue weighted by Crippen LogP contribution is -2.29. The molecular weight excluding hydrogens is 306 g/mol. The van der Waals surface area contributed by atoms with Crippen LogP contribution in [0.5, 0.6) is 5.88 Å². The smallest absolute Gasteiger partial charge is 0.342 e. The highest BCUT2D eigenvalue weighted by Crippen LogP contribution is 2.38. The van der Waals surface area contributed by atoms with E-state index in [0.717, 1.165) is 22.3 Å². The van der Waals surface area contributed by atoms with Crippen molar-refractivity contribution in [3.05, 3.63) is 29.6 Å². The first-order valence-electron chi connectivity index (χ1n) is 8.05. The summed E-state index contributed by atoms with van der Waals surface area (Å²) in [6, 6.07) is 3.73. The molecule has 0 amide bonds. The zero-order valence-corrected chi connectivity index (χ0v) is 14.7. The summed E-state index contributed by atoms with van der Waals surface area (Å²) in [6.45, 7) is 8.61. The topological polar surface area (TPSA) is 76.2 Å². The fourth-order valence-electron chi connectivity index (χ4n) is 3.03. The Kier molecular flexibility index (Phi) is 3.99. The van der Waals surface area contributed by atoms with Crippen LogP contribution in [0, 0.1) is 0 Å². The highest BCUT2D eigenvalue weighted by Gasteiger charge is 2.34. The fraction of sp³-hybridized carbons (Fsp3) is 0.444. The van der Waals surface area contributed by atoms with Gasteiger partial charge in [0.2, 0.25) is 5.88 Å². The molecule has 2 aromatic heterocycles. The molecule has 2 aromatic rings. The number of aromatic nitrogens is 2. The molecule has 0 atom stereocenters. The zero-order valence-electron chi connectivity index (χ0n) is 14.7. The minimum absolute atomic E-state index is 0.180. The normalized spacial score (nSPS) is 16.2. The summed E-state index contributed by atoms with van der Waals surface area (Å²) in [7, 11) is 1.59. The first kappa shape index (κ1) is 16.4. The molecule has 0 aliphatic carbocycles. The molecule has 24 heavy (non-hydrogen) atoms. The number of ether oxygens (including phenoxy) is 2. The number of rotatable bonds is 3. The number of fused-ring (bicyclic) bond motifs is 3. The van der Waals surface area contributed by atoms with Gasteiger partial charge in [0.1, 0.15) is 0 Å². The van der Waals surface area contributed by atoms with Crippen LogP contribution >= 0.6 is 0 Å². The summed E-state index contributed by atoms with van der Waals surface area (Å²) in [6.07, 6.45) is 1.55. The van der Waals surface area contributed by atoms with Gasteiger partial charge in [-0.1, -0.05) is 13.8 Å². The van der Waals surface area contributed by atoms with E-state index >= 15 is 0 Å². The van der Waals surface area contributed by atoms with Crippen molar-refractivity contribution < 1.29 is 14.3 Å². The van der Waals surface area contributed by atoms with Gasteiger partial charge in [-0.15, -0.1) is 0 Å². The molecule has 0 bridgehead atoms. The molecular formula is C18H23N3O3. The van der Waals surface area contributed by atoms with Crippen LogP contribution in [0.25, 0.3) is 16.6 Å². The fourth-order valence-corrected chi connectivity index (χ4v) is 3.03. The maximum absolute atomic E-state index is 12.5. The predicted molar refractivity (Wildman–Crippen MR) is 92.9 cm³/mol. The Morgan fingerprint density at radius 3 is 2.75 bits per heavy atom. The van der Waals surface area contributed by atoms with Crippen LogP contribution in [0.15, 0.2) is 18.3 Å². The van der Waals surface area contributed by atoms with Gasteiger partial charge in [0.15, 0.2) is 0 Å². The molecule has 2 N–H and O–H groups in total. The third kappa shape index (κ3) is 2.72. The van der Waals surface area contributed by atoms with Crippen LogP contribution in [-0.2, 0) is 14.9 Å². The minimum Gasteiger partial charge on any atom is -0.481 e. The molecule has 0 spiro atoms. The monoisotopic (exact) mass is 329 g/mol. The van der Waals surface area contributed by atoms with Crippen molar-refractivity contribution >= 4 is 22.6 Å². The van der Waals surface area contributed by atoms with E-state index in [1.54, 1.807) is 19.4 Å². The number of aromatic amines is 1. The number of nitrogens with one attached hydrogen (secondary N) is 2. The molecule has 0 aromatic carbocycles. The lowest BCUT2D eigenvalue weighted by Gasteiger charge is -2.23. The molecule has 1 aliphatic rings. The highest BCUT2D eigenvalue weighted by molar-refractivity contribution is 6.17. The SMILES string of the molecule is COc1ccc2[nH]c3c(c2n1)C(C)(C)CNC=C3C(=O)OC(C)C. The van der Waals surface area contributed by atoms with Crippen molar-refractivity contribution in [2.24, 2.45) is 0 Å². The van der Waals surface area contributed by atoms with Crippen LogP contribution in [0.3, 0.4) is 0 Å². The summed E-state index contributed by atoms with van der Waals surface area (Å²) >= 11 is 0. The molecule has 0 fully saturated rings. The van der Waals surface area contributed by atoms with Crippen molar-refractivity contribution in [1.82, 2.24) is 15.3 Å². The number of nitrogens with zero attached hydrogens (tertiary/aromatic N) is 1. The third-order valence-electron chi connectivity index (χ3n) is 4.12. The predicted octanol–water partition coefficient (Wildman–Crippen LogP) is 2.74. The maximum Gasteiger partial charge on any atom is 0.342 e. The molecule has 3 rings (SSSR count). The largest absolute Gasteiger partial charge is 0.481 e. The highest BCUT2D eigenvalue weighted by atomic mass is 16.5. The summed E-state index contributed by atoms with van der Waals surface area (Å²) in [5.41, 5.74) is 3.71. The van der Waals surface area contributed by atoms with Crippen molar-refractivity contribution in [1.29, 1.82) is 0 Å². The van der Waals surface area contributed by atoms with E-state index in [-0.39, 0.29) is 17.5 Å². The molecule has 128 valence electrons. The standard InChI is InChI=1S/C18H23N3O3/c1-10(2)24-17(22)11-8-19-9-18(3,4)14-15(11)20-12-6-7-13(23-5)21-16(12)14/h6-8,10,19-20H,9H2,1-5H3. The Bertz CT molecular complexity index is 818. The van der Waals surface area contributed by atoms with Gasteiger partial charge in [0.05, 0.1) is 35.5 Å². The van der Waals surface area contributed by atoms with Gasteiger partial charge in [0, 0.05) is 29.8 Å². The molecule has 0 saturated heterocycles. The average molecular weight is 329 g/mol. The van der Waals surface area contributed by atoms with Crippen LogP contribution in [-0.4, -0.2) is 35.7 Å². The van der Waals surface area contributed by atoms with Gasteiger partial charge in [-0.05, 0) is 19.9 Å². The van der Waals surface area contributed by atoms with Gasteiger partial charge in [0.25, 0.3) is 0 Å². The number of hydrogen-bond donors (Lipinski definition) is 2. The number of esters is 1. The van der Waals surface area contributed by atoms with Crippen molar-refractivity contribution in [2.75, 3.05) is 13.7 Å². The maximum atomic E-state index is 12.5. The molecule has 6 heteroatoms. The van der Waals surface area contributed by atoms with Gasteiger partial charge in [-0.3, -0.25) is 0 Å². The summed E-state index contributed by atoms with van der Waals surface area (Å²) in [5.74, 6) is 0.197. The number of carbonyl (C=O) groups excluding carboxylic acids is 1. The van der Waals surface area contributed by atoms with Crippen LogP contribution in [0.4, 0.5) is 0 Å². The zero-order chi connectivity index (χ0) is 17.5. The van der Waals surface area contributed by atoms with E-state index < -0.39 is 0 Å². The second-order valence-corrected chi connectivity index (χ2v) is 6.90. The number of hydrogen-bond acceptors (Lipinski definition) is 5. The van der Waals surface area contributed by atoms with Crippen molar-refractivity contribution in [3.63, 3.8) is 0 Å².